The molecule has 0 heterocycles. The topological polar surface area (TPSA) is 40.5 Å². The number of hydrogen-bond acceptors (Lipinski definition) is 2. The molecule has 0 bridgehead atoms. The van der Waals surface area contributed by atoms with Gasteiger partial charge >= 0.3 is 5.97 Å². The van der Waals surface area contributed by atoms with Gasteiger partial charge in [-0.3, -0.25) is 9.69 Å². The van der Waals surface area contributed by atoms with E-state index < -0.39 is 5.97 Å². The Balaban J connectivity index is 1.90. The molecule has 3 nitrogen and oxygen atoms in total. The molecule has 0 aromatic carbocycles. The molecule has 3 heteroatoms. The molecule has 74 valence electrons. The Hall–Kier alpha value is -0.570. The van der Waals surface area contributed by atoms with Crippen LogP contribution < -0.4 is 0 Å². The molecule has 1 atom stereocenters. The van der Waals surface area contributed by atoms with Gasteiger partial charge in [-0.25, -0.2) is 0 Å². The number of carboxylic acids is 1. The van der Waals surface area contributed by atoms with Crippen LogP contribution in [-0.2, 0) is 4.79 Å². The zero-order valence-electron chi connectivity index (χ0n) is 8.07. The summed E-state index contributed by atoms with van der Waals surface area (Å²) in [6.07, 6.45) is 4.99. The minimum atomic E-state index is -0.681. The Kier molecular flexibility index (Phi) is 2.28. The van der Waals surface area contributed by atoms with Crippen LogP contribution in [0.2, 0.25) is 0 Å². The molecule has 2 fully saturated rings. The number of carboxylic acid groups (broad SMARTS) is 1. The molecule has 13 heavy (non-hydrogen) atoms. The van der Waals surface area contributed by atoms with Gasteiger partial charge in [0.25, 0.3) is 0 Å². The highest BCUT2D eigenvalue weighted by Crippen LogP contribution is 2.39. The molecule has 0 aromatic heterocycles. The Morgan fingerprint density at radius 3 is 2.46 bits per heavy atom. The monoisotopic (exact) mass is 183 g/mol. The van der Waals surface area contributed by atoms with Crippen molar-refractivity contribution in [3.8, 4) is 0 Å². The summed E-state index contributed by atoms with van der Waals surface area (Å²) >= 11 is 0. The SMILES string of the molecule is CC(C1CC1)N(CC(=O)O)C1CC1. The van der Waals surface area contributed by atoms with E-state index in [-0.39, 0.29) is 6.54 Å². The van der Waals surface area contributed by atoms with Crippen LogP contribution in [0.1, 0.15) is 32.6 Å². The van der Waals surface area contributed by atoms with Crippen molar-refractivity contribution in [2.45, 2.75) is 44.7 Å². The quantitative estimate of drug-likeness (QED) is 0.699. The maximum atomic E-state index is 10.6. The van der Waals surface area contributed by atoms with Gasteiger partial charge in [0.1, 0.15) is 0 Å². The average Bonchev–Trinajstić information content (AvgIpc) is 2.83. The van der Waals surface area contributed by atoms with Crippen LogP contribution >= 0.6 is 0 Å². The first kappa shape index (κ1) is 9.00. The van der Waals surface area contributed by atoms with Crippen molar-refractivity contribution in [1.82, 2.24) is 4.90 Å². The molecule has 0 saturated heterocycles. The van der Waals surface area contributed by atoms with E-state index in [1.54, 1.807) is 0 Å². The molecule has 0 aliphatic heterocycles. The van der Waals surface area contributed by atoms with Crippen molar-refractivity contribution >= 4 is 5.97 Å². The first-order valence-electron chi connectivity index (χ1n) is 5.16. The Morgan fingerprint density at radius 1 is 1.46 bits per heavy atom. The second-order valence-electron chi connectivity index (χ2n) is 4.38. The smallest absolute Gasteiger partial charge is 0.317 e. The van der Waals surface area contributed by atoms with Crippen molar-refractivity contribution in [2.24, 2.45) is 5.92 Å². The highest BCUT2D eigenvalue weighted by molar-refractivity contribution is 5.69. The molecule has 0 spiro atoms. The van der Waals surface area contributed by atoms with Gasteiger partial charge in [0.05, 0.1) is 6.54 Å². The normalized spacial score (nSPS) is 24.8. The van der Waals surface area contributed by atoms with E-state index in [9.17, 15) is 4.79 Å². The largest absolute Gasteiger partial charge is 0.480 e. The Morgan fingerprint density at radius 2 is 2.08 bits per heavy atom. The molecule has 0 radical (unpaired) electrons. The van der Waals surface area contributed by atoms with E-state index >= 15 is 0 Å². The first-order chi connectivity index (χ1) is 6.18. The van der Waals surface area contributed by atoms with Crippen molar-refractivity contribution in [3.05, 3.63) is 0 Å². The Bertz CT molecular complexity index is 209. The summed E-state index contributed by atoms with van der Waals surface area (Å²) in [7, 11) is 0. The molecule has 1 N–H and O–H groups in total. The number of rotatable bonds is 5. The zero-order chi connectivity index (χ0) is 9.42. The van der Waals surface area contributed by atoms with Gasteiger partial charge in [0.2, 0.25) is 0 Å². The van der Waals surface area contributed by atoms with E-state index in [1.807, 2.05) is 0 Å². The third kappa shape index (κ3) is 2.21. The van der Waals surface area contributed by atoms with E-state index in [4.69, 9.17) is 5.11 Å². The molecular formula is C10H17NO2. The van der Waals surface area contributed by atoms with Gasteiger partial charge in [-0.2, -0.15) is 0 Å². The molecule has 1 unspecified atom stereocenters. The second-order valence-corrected chi connectivity index (χ2v) is 4.38. The highest BCUT2D eigenvalue weighted by Gasteiger charge is 2.39. The van der Waals surface area contributed by atoms with Crippen molar-refractivity contribution < 1.29 is 9.90 Å². The van der Waals surface area contributed by atoms with Gasteiger partial charge in [-0.1, -0.05) is 0 Å². The van der Waals surface area contributed by atoms with Crippen LogP contribution in [0.3, 0.4) is 0 Å². The fourth-order valence-corrected chi connectivity index (χ4v) is 2.02. The van der Waals surface area contributed by atoms with Crippen LogP contribution in [0.4, 0.5) is 0 Å². The summed E-state index contributed by atoms with van der Waals surface area (Å²) in [5, 5.41) is 8.77. The fourth-order valence-electron chi connectivity index (χ4n) is 2.02. The summed E-state index contributed by atoms with van der Waals surface area (Å²) in [5.74, 6) is 0.0966. The first-order valence-corrected chi connectivity index (χ1v) is 5.16. The highest BCUT2D eigenvalue weighted by atomic mass is 16.4. The van der Waals surface area contributed by atoms with Crippen LogP contribution in [0.25, 0.3) is 0 Å². The summed E-state index contributed by atoms with van der Waals surface area (Å²) < 4.78 is 0. The summed E-state index contributed by atoms with van der Waals surface area (Å²) in [6, 6.07) is 1.07. The Labute approximate surface area is 78.7 Å². The minimum Gasteiger partial charge on any atom is -0.480 e. The molecule has 0 aromatic rings. The van der Waals surface area contributed by atoms with Crippen LogP contribution in [0, 0.1) is 5.92 Å². The number of aliphatic carboxylic acids is 1. The maximum Gasteiger partial charge on any atom is 0.317 e. The molecule has 0 amide bonds. The predicted molar refractivity (Wildman–Crippen MR) is 49.5 cm³/mol. The van der Waals surface area contributed by atoms with E-state index in [1.165, 1.54) is 25.7 Å². The fraction of sp³-hybridized carbons (Fsp3) is 0.900. The molecule has 2 rings (SSSR count). The lowest BCUT2D eigenvalue weighted by atomic mass is 10.2. The molecule has 2 saturated carbocycles. The van der Waals surface area contributed by atoms with E-state index in [0.717, 1.165) is 5.92 Å². The molecule has 2 aliphatic rings. The number of carbonyl (C=O) groups is 1. The van der Waals surface area contributed by atoms with E-state index in [0.29, 0.717) is 12.1 Å². The van der Waals surface area contributed by atoms with Crippen molar-refractivity contribution in [2.75, 3.05) is 6.54 Å². The standard InChI is InChI=1S/C10H17NO2/c1-7(8-2-3-8)11(6-10(12)13)9-4-5-9/h7-9H,2-6H2,1H3,(H,12,13). The number of nitrogens with zero attached hydrogens (tertiary/aromatic N) is 1. The van der Waals surface area contributed by atoms with Gasteiger partial charge < -0.3 is 5.11 Å². The van der Waals surface area contributed by atoms with Gasteiger partial charge in [-0.05, 0) is 38.5 Å². The average molecular weight is 183 g/mol. The predicted octanol–water partition coefficient (Wildman–Crippen LogP) is 1.33. The number of hydrogen-bond donors (Lipinski definition) is 1. The van der Waals surface area contributed by atoms with E-state index in [2.05, 4.69) is 11.8 Å². The van der Waals surface area contributed by atoms with Gasteiger partial charge in [0, 0.05) is 12.1 Å². The molecule has 2 aliphatic carbocycles. The maximum absolute atomic E-state index is 10.6. The van der Waals surface area contributed by atoms with Crippen LogP contribution in [0.5, 0.6) is 0 Å². The third-order valence-corrected chi connectivity index (χ3v) is 3.16. The molecular weight excluding hydrogens is 166 g/mol. The third-order valence-electron chi connectivity index (χ3n) is 3.16. The van der Waals surface area contributed by atoms with Crippen molar-refractivity contribution in [3.63, 3.8) is 0 Å². The summed E-state index contributed by atoms with van der Waals surface area (Å²) in [6.45, 7) is 2.42. The minimum absolute atomic E-state index is 0.238. The van der Waals surface area contributed by atoms with Crippen molar-refractivity contribution in [1.29, 1.82) is 0 Å². The zero-order valence-corrected chi connectivity index (χ0v) is 8.07. The summed E-state index contributed by atoms with van der Waals surface area (Å²) in [5.41, 5.74) is 0. The lowest BCUT2D eigenvalue weighted by molar-refractivity contribution is -0.139. The lowest BCUT2D eigenvalue weighted by Crippen LogP contribution is -2.40. The second kappa shape index (κ2) is 3.29. The lowest BCUT2D eigenvalue weighted by Gasteiger charge is -2.27. The van der Waals surface area contributed by atoms with Crippen LogP contribution in [-0.4, -0.2) is 34.6 Å². The van der Waals surface area contributed by atoms with Gasteiger partial charge in [-0.15, -0.1) is 0 Å². The van der Waals surface area contributed by atoms with Gasteiger partial charge in [0.15, 0.2) is 0 Å². The summed E-state index contributed by atoms with van der Waals surface area (Å²) in [4.78, 5) is 12.8. The van der Waals surface area contributed by atoms with Crippen LogP contribution in [0.15, 0.2) is 0 Å².